The number of carbonyl (C=O) groups is 1. The number of allylic oxidation sites excluding steroid dienone is 9. The van der Waals surface area contributed by atoms with Crippen LogP contribution in [0.3, 0.4) is 0 Å². The molecule has 77 heavy (non-hydrogen) atoms. The van der Waals surface area contributed by atoms with E-state index in [1.54, 1.807) is 6.08 Å². The molecule has 0 saturated carbocycles. The molecule has 0 spiro atoms. The van der Waals surface area contributed by atoms with Crippen LogP contribution in [-0.4, -0.2) is 140 Å². The normalized spacial score (nSPS) is 25.1. The summed E-state index contributed by atoms with van der Waals surface area (Å²) >= 11 is 0. The predicted molar refractivity (Wildman–Crippen MR) is 309 cm³/mol. The highest BCUT2D eigenvalue weighted by atomic mass is 16.7. The first-order valence-electron chi connectivity index (χ1n) is 31.0. The quantitative estimate of drug-likeness (QED) is 0.0204. The predicted octanol–water partition coefficient (Wildman–Crippen LogP) is 10.9. The summed E-state index contributed by atoms with van der Waals surface area (Å²) in [6.45, 7) is 2.66. The van der Waals surface area contributed by atoms with Gasteiger partial charge in [-0.2, -0.15) is 0 Å². The van der Waals surface area contributed by atoms with E-state index < -0.39 is 86.8 Å². The summed E-state index contributed by atoms with van der Waals surface area (Å²) < 4.78 is 22.8. The molecule has 0 radical (unpaired) electrons. The molecule has 1 amide bonds. The molecule has 2 aliphatic heterocycles. The fourth-order valence-corrected chi connectivity index (χ4v) is 9.99. The number of hydrogen-bond acceptors (Lipinski definition) is 13. The molecule has 0 bridgehead atoms. The zero-order valence-electron chi connectivity index (χ0n) is 48.2. The van der Waals surface area contributed by atoms with Crippen molar-refractivity contribution in [3.05, 3.63) is 60.8 Å². The Hall–Kier alpha value is -2.31. The van der Waals surface area contributed by atoms with Crippen LogP contribution < -0.4 is 5.32 Å². The monoisotopic (exact) mass is 1090 g/mol. The molecule has 448 valence electrons. The second kappa shape index (κ2) is 48.4. The van der Waals surface area contributed by atoms with Crippen molar-refractivity contribution in [2.75, 3.05) is 19.8 Å². The summed E-state index contributed by atoms with van der Waals surface area (Å²) in [5.41, 5.74) is 0. The fourth-order valence-electron chi connectivity index (χ4n) is 9.99. The molecule has 0 aromatic carbocycles. The number of unbranched alkanes of at least 4 members (excludes halogenated alkanes) is 28. The van der Waals surface area contributed by atoms with E-state index in [2.05, 4.69) is 67.8 Å². The molecule has 0 aromatic heterocycles. The fraction of sp³-hybridized carbons (Fsp3) is 0.825. The number of carbonyl (C=O) groups excluding carboxylic acids is 1. The van der Waals surface area contributed by atoms with E-state index in [4.69, 9.17) is 18.9 Å². The maximum Gasteiger partial charge on any atom is 0.220 e. The number of aliphatic hydroxyl groups is 8. The Morgan fingerprint density at radius 3 is 1.38 bits per heavy atom. The van der Waals surface area contributed by atoms with Crippen molar-refractivity contribution in [1.82, 2.24) is 5.32 Å². The average Bonchev–Trinajstić information content (AvgIpc) is 3.44. The van der Waals surface area contributed by atoms with Crippen molar-refractivity contribution in [2.45, 2.75) is 312 Å². The maximum atomic E-state index is 13.2. The molecule has 2 rings (SSSR count). The third kappa shape index (κ3) is 33.9. The van der Waals surface area contributed by atoms with Gasteiger partial charge in [-0.1, -0.05) is 235 Å². The van der Waals surface area contributed by atoms with Crippen LogP contribution in [0, 0.1) is 0 Å². The molecule has 12 unspecified atom stereocenters. The minimum Gasteiger partial charge on any atom is -0.394 e. The van der Waals surface area contributed by atoms with Gasteiger partial charge in [0, 0.05) is 6.42 Å². The number of hydrogen-bond donors (Lipinski definition) is 9. The standard InChI is InChI=1S/C63H113NO13/c1-3-5-7-9-11-13-15-17-19-20-21-22-23-24-25-26-27-28-29-30-31-33-34-36-38-40-42-44-46-52(67)51(64-55(68)47-45-43-41-39-37-35-32-18-16-14-12-10-8-6-4-2)50-74-62-60(73)58(71)61(54(49-66)76-62)77-63-59(72)57(70)56(69)53(48-65)75-63/h6,8,12,14,18,32,37,39,44,46,51-54,56-63,65-67,69-73H,3-5,7,9-11,13,15-17,19-31,33-36,38,40-43,45,47-50H2,1-2H3,(H,64,68)/b8-6-,14-12-,32-18-,39-37-,46-44+. The lowest BCUT2D eigenvalue weighted by molar-refractivity contribution is -0.359. The summed E-state index contributed by atoms with van der Waals surface area (Å²) in [7, 11) is 0. The van der Waals surface area contributed by atoms with Gasteiger partial charge in [0.15, 0.2) is 12.6 Å². The zero-order chi connectivity index (χ0) is 56.0. The van der Waals surface area contributed by atoms with Gasteiger partial charge in [0.1, 0.15) is 48.8 Å². The van der Waals surface area contributed by atoms with Crippen LogP contribution in [-0.2, 0) is 23.7 Å². The van der Waals surface area contributed by atoms with Crippen molar-refractivity contribution in [2.24, 2.45) is 0 Å². The van der Waals surface area contributed by atoms with E-state index in [1.807, 2.05) is 6.08 Å². The molecule has 2 heterocycles. The van der Waals surface area contributed by atoms with Crippen molar-refractivity contribution in [3.8, 4) is 0 Å². The first-order chi connectivity index (χ1) is 37.6. The van der Waals surface area contributed by atoms with E-state index in [1.165, 1.54) is 154 Å². The first kappa shape index (κ1) is 70.8. The lowest BCUT2D eigenvalue weighted by Gasteiger charge is -2.46. The largest absolute Gasteiger partial charge is 0.394 e. The lowest BCUT2D eigenvalue weighted by Crippen LogP contribution is -2.65. The zero-order valence-corrected chi connectivity index (χ0v) is 48.2. The van der Waals surface area contributed by atoms with Gasteiger partial charge in [0.2, 0.25) is 5.91 Å². The third-order valence-corrected chi connectivity index (χ3v) is 15.0. The Morgan fingerprint density at radius 1 is 0.481 bits per heavy atom. The molecule has 9 N–H and O–H groups in total. The maximum absolute atomic E-state index is 13.2. The lowest BCUT2D eigenvalue weighted by atomic mass is 9.97. The molecule has 0 aromatic rings. The topological polar surface area (TPSA) is 228 Å². The molecule has 14 nitrogen and oxygen atoms in total. The van der Waals surface area contributed by atoms with Crippen molar-refractivity contribution in [3.63, 3.8) is 0 Å². The van der Waals surface area contributed by atoms with Crippen LogP contribution in [0.1, 0.15) is 239 Å². The van der Waals surface area contributed by atoms with Gasteiger partial charge in [0.25, 0.3) is 0 Å². The Morgan fingerprint density at radius 2 is 0.896 bits per heavy atom. The van der Waals surface area contributed by atoms with Gasteiger partial charge < -0.3 is 65.1 Å². The molecule has 12 atom stereocenters. The van der Waals surface area contributed by atoms with E-state index in [9.17, 15) is 45.6 Å². The summed E-state index contributed by atoms with van der Waals surface area (Å²) in [6.07, 6.45) is 45.7. The summed E-state index contributed by atoms with van der Waals surface area (Å²) in [4.78, 5) is 13.2. The summed E-state index contributed by atoms with van der Waals surface area (Å²) in [5, 5.41) is 87.1. The second-order valence-corrected chi connectivity index (χ2v) is 21.8. The number of rotatable bonds is 49. The van der Waals surface area contributed by atoms with Crippen molar-refractivity contribution in [1.29, 1.82) is 0 Å². The van der Waals surface area contributed by atoms with E-state index >= 15 is 0 Å². The highest BCUT2D eigenvalue weighted by Crippen LogP contribution is 2.30. The number of nitrogens with one attached hydrogen (secondary N) is 1. The van der Waals surface area contributed by atoms with Gasteiger partial charge in [0.05, 0.1) is 32.0 Å². The SMILES string of the molecule is CC/C=C\C/C=C\C/C=C\C/C=C\CCCCC(=O)NC(COC1OC(CO)C(OC2OC(CO)C(O)C(O)C2O)C(O)C1O)C(O)/C=C/CCCCCCCCCCCCCCCCCCCCCCCCCCCC. The molecular formula is C63H113NO13. The summed E-state index contributed by atoms with van der Waals surface area (Å²) in [6, 6.07) is -0.939. The van der Waals surface area contributed by atoms with E-state index in [-0.39, 0.29) is 18.9 Å². The number of aliphatic hydroxyl groups excluding tert-OH is 8. The van der Waals surface area contributed by atoms with Gasteiger partial charge in [-0.15, -0.1) is 0 Å². The Balaban J connectivity index is 1.72. The first-order valence-corrected chi connectivity index (χ1v) is 31.0. The number of ether oxygens (including phenoxy) is 4. The van der Waals surface area contributed by atoms with Gasteiger partial charge >= 0.3 is 0 Å². The van der Waals surface area contributed by atoms with Crippen LogP contribution >= 0.6 is 0 Å². The van der Waals surface area contributed by atoms with E-state index in [0.29, 0.717) is 6.42 Å². The Labute approximate surface area is 466 Å². The molecule has 0 aliphatic carbocycles. The van der Waals surface area contributed by atoms with Crippen molar-refractivity contribution >= 4 is 5.91 Å². The summed E-state index contributed by atoms with van der Waals surface area (Å²) in [5.74, 6) is -0.280. The van der Waals surface area contributed by atoms with E-state index in [0.717, 1.165) is 57.8 Å². The molecule has 2 aliphatic rings. The highest BCUT2D eigenvalue weighted by molar-refractivity contribution is 5.76. The minimum absolute atomic E-state index is 0.227. The van der Waals surface area contributed by atoms with Crippen LogP contribution in [0.4, 0.5) is 0 Å². The Kier molecular flexibility index (Phi) is 44.5. The van der Waals surface area contributed by atoms with Crippen LogP contribution in [0.2, 0.25) is 0 Å². The molecule has 2 saturated heterocycles. The minimum atomic E-state index is -1.79. The van der Waals surface area contributed by atoms with Crippen LogP contribution in [0.25, 0.3) is 0 Å². The van der Waals surface area contributed by atoms with Crippen LogP contribution in [0.15, 0.2) is 60.8 Å². The van der Waals surface area contributed by atoms with Gasteiger partial charge in [-0.05, 0) is 57.8 Å². The average molecular weight is 1090 g/mol. The van der Waals surface area contributed by atoms with Crippen molar-refractivity contribution < 1.29 is 64.6 Å². The Bertz CT molecular complexity index is 1520. The number of amides is 1. The second-order valence-electron chi connectivity index (χ2n) is 21.8. The van der Waals surface area contributed by atoms with Crippen LogP contribution in [0.5, 0.6) is 0 Å². The highest BCUT2D eigenvalue weighted by Gasteiger charge is 2.51. The third-order valence-electron chi connectivity index (χ3n) is 15.0. The van der Waals surface area contributed by atoms with Gasteiger partial charge in [-0.25, -0.2) is 0 Å². The smallest absolute Gasteiger partial charge is 0.220 e. The molecular weight excluding hydrogens is 979 g/mol. The molecule has 14 heteroatoms. The molecule has 2 fully saturated rings. The van der Waals surface area contributed by atoms with Gasteiger partial charge in [-0.3, -0.25) is 4.79 Å².